The Hall–Kier alpha value is -0.560. The van der Waals surface area contributed by atoms with E-state index >= 15 is 0 Å². The lowest BCUT2D eigenvalue weighted by atomic mass is 9.88. The van der Waals surface area contributed by atoms with Gasteiger partial charge < -0.3 is 4.74 Å². The Morgan fingerprint density at radius 1 is 1.31 bits per heavy atom. The summed E-state index contributed by atoms with van der Waals surface area (Å²) in [5.74, 6) is 0. The van der Waals surface area contributed by atoms with Gasteiger partial charge in [0.25, 0.3) is 0 Å². The Bertz CT molecular complexity index is 256. The topological polar surface area (TPSA) is 9.23 Å². The molecule has 1 heteroatoms. The third-order valence-electron chi connectivity index (χ3n) is 3.12. The van der Waals surface area contributed by atoms with Crippen LogP contribution in [0.15, 0.2) is 22.8 Å². The molecule has 74 valence electrons. The minimum Gasteiger partial charge on any atom is -0.384 e. The standard InChI is InChI=1S/C12H20O/c1-9-10(2)12(3,4)8-11(9)6-7-13-5/h8H,6-7H2,1-5H3. The maximum Gasteiger partial charge on any atom is 0.0502 e. The van der Waals surface area contributed by atoms with Gasteiger partial charge in [-0.05, 0) is 31.4 Å². The summed E-state index contributed by atoms with van der Waals surface area (Å²) in [7, 11) is 1.76. The summed E-state index contributed by atoms with van der Waals surface area (Å²) in [4.78, 5) is 0. The summed E-state index contributed by atoms with van der Waals surface area (Å²) in [6, 6.07) is 0. The number of hydrogen-bond donors (Lipinski definition) is 0. The summed E-state index contributed by atoms with van der Waals surface area (Å²) in [6.45, 7) is 9.81. The normalized spacial score (nSPS) is 20.8. The molecule has 0 aromatic rings. The Morgan fingerprint density at radius 2 is 1.92 bits per heavy atom. The van der Waals surface area contributed by atoms with Crippen LogP contribution in [-0.4, -0.2) is 13.7 Å². The summed E-state index contributed by atoms with van der Waals surface area (Å²) < 4.78 is 5.09. The van der Waals surface area contributed by atoms with Gasteiger partial charge in [0.1, 0.15) is 0 Å². The van der Waals surface area contributed by atoms with E-state index in [-0.39, 0.29) is 5.41 Å². The van der Waals surface area contributed by atoms with Gasteiger partial charge in [-0.2, -0.15) is 0 Å². The van der Waals surface area contributed by atoms with Crippen LogP contribution in [0.1, 0.15) is 34.1 Å². The maximum absolute atomic E-state index is 5.09. The van der Waals surface area contributed by atoms with E-state index < -0.39 is 0 Å². The summed E-state index contributed by atoms with van der Waals surface area (Å²) in [6.07, 6.45) is 3.42. The van der Waals surface area contributed by atoms with Crippen LogP contribution in [0.3, 0.4) is 0 Å². The first kappa shape index (κ1) is 10.5. The van der Waals surface area contributed by atoms with Gasteiger partial charge in [0.05, 0.1) is 6.61 Å². The van der Waals surface area contributed by atoms with Crippen LogP contribution in [0, 0.1) is 5.41 Å². The maximum atomic E-state index is 5.09. The Morgan fingerprint density at radius 3 is 2.31 bits per heavy atom. The van der Waals surface area contributed by atoms with E-state index in [9.17, 15) is 0 Å². The zero-order valence-electron chi connectivity index (χ0n) is 9.40. The van der Waals surface area contributed by atoms with Crippen molar-refractivity contribution < 1.29 is 4.74 Å². The minimum absolute atomic E-state index is 0.257. The fraction of sp³-hybridized carbons (Fsp3) is 0.667. The van der Waals surface area contributed by atoms with E-state index in [1.807, 2.05) is 0 Å². The molecule has 1 aliphatic rings. The molecule has 0 aromatic carbocycles. The van der Waals surface area contributed by atoms with Gasteiger partial charge in [-0.25, -0.2) is 0 Å². The third kappa shape index (κ3) is 2.02. The van der Waals surface area contributed by atoms with Crippen molar-refractivity contribution in [3.05, 3.63) is 22.8 Å². The van der Waals surface area contributed by atoms with E-state index in [1.165, 1.54) is 16.7 Å². The Labute approximate surface area is 81.5 Å². The fourth-order valence-corrected chi connectivity index (χ4v) is 1.85. The highest BCUT2D eigenvalue weighted by atomic mass is 16.5. The molecule has 0 spiro atoms. The summed E-state index contributed by atoms with van der Waals surface area (Å²) >= 11 is 0. The monoisotopic (exact) mass is 180 g/mol. The molecule has 0 aliphatic heterocycles. The number of rotatable bonds is 3. The van der Waals surface area contributed by atoms with Crippen molar-refractivity contribution in [2.45, 2.75) is 34.1 Å². The predicted octanol–water partition coefficient (Wildman–Crippen LogP) is 3.33. The second-order valence-electron chi connectivity index (χ2n) is 4.38. The van der Waals surface area contributed by atoms with Gasteiger partial charge in [-0.3, -0.25) is 0 Å². The van der Waals surface area contributed by atoms with Gasteiger partial charge >= 0.3 is 0 Å². The van der Waals surface area contributed by atoms with E-state index in [0.29, 0.717) is 0 Å². The van der Waals surface area contributed by atoms with E-state index in [0.717, 1.165) is 13.0 Å². The second-order valence-corrected chi connectivity index (χ2v) is 4.38. The van der Waals surface area contributed by atoms with Crippen molar-refractivity contribution in [1.82, 2.24) is 0 Å². The van der Waals surface area contributed by atoms with Crippen molar-refractivity contribution >= 4 is 0 Å². The average molecular weight is 180 g/mol. The molecule has 1 rings (SSSR count). The zero-order valence-corrected chi connectivity index (χ0v) is 9.40. The molecule has 0 saturated carbocycles. The lowest BCUT2D eigenvalue weighted by Crippen LogP contribution is -2.05. The highest BCUT2D eigenvalue weighted by molar-refractivity contribution is 5.45. The van der Waals surface area contributed by atoms with Crippen LogP contribution >= 0.6 is 0 Å². The molecule has 0 N–H and O–H groups in total. The molecule has 0 unspecified atom stereocenters. The average Bonchev–Trinajstić information content (AvgIpc) is 2.26. The Balaban J connectivity index is 2.79. The van der Waals surface area contributed by atoms with Crippen LogP contribution < -0.4 is 0 Å². The molecule has 0 aromatic heterocycles. The van der Waals surface area contributed by atoms with Crippen molar-refractivity contribution in [1.29, 1.82) is 0 Å². The second kappa shape index (κ2) is 3.67. The smallest absolute Gasteiger partial charge is 0.0502 e. The van der Waals surface area contributed by atoms with Crippen molar-refractivity contribution in [2.24, 2.45) is 5.41 Å². The molecule has 0 atom stereocenters. The molecule has 0 heterocycles. The molecule has 0 bridgehead atoms. The van der Waals surface area contributed by atoms with Crippen molar-refractivity contribution in [2.75, 3.05) is 13.7 Å². The van der Waals surface area contributed by atoms with E-state index in [2.05, 4.69) is 33.8 Å². The van der Waals surface area contributed by atoms with Gasteiger partial charge in [-0.1, -0.05) is 25.5 Å². The fourth-order valence-electron chi connectivity index (χ4n) is 1.85. The predicted molar refractivity (Wildman–Crippen MR) is 56.7 cm³/mol. The SMILES string of the molecule is COCCC1=CC(C)(C)C(C)=C1C. The van der Waals surface area contributed by atoms with E-state index in [4.69, 9.17) is 4.74 Å². The van der Waals surface area contributed by atoms with Gasteiger partial charge in [-0.15, -0.1) is 0 Å². The Kier molecular flexibility index (Phi) is 2.97. The number of hydrogen-bond acceptors (Lipinski definition) is 1. The molecule has 1 nitrogen and oxygen atoms in total. The largest absolute Gasteiger partial charge is 0.384 e. The highest BCUT2D eigenvalue weighted by Gasteiger charge is 2.26. The van der Waals surface area contributed by atoms with Crippen LogP contribution in [0.4, 0.5) is 0 Å². The molecule has 0 amide bonds. The van der Waals surface area contributed by atoms with Crippen LogP contribution in [0.2, 0.25) is 0 Å². The first-order valence-electron chi connectivity index (χ1n) is 4.88. The highest BCUT2D eigenvalue weighted by Crippen LogP contribution is 2.40. The zero-order chi connectivity index (χ0) is 10.1. The molecule has 0 saturated heterocycles. The van der Waals surface area contributed by atoms with Crippen molar-refractivity contribution in [3.63, 3.8) is 0 Å². The van der Waals surface area contributed by atoms with Gasteiger partial charge in [0, 0.05) is 12.5 Å². The third-order valence-corrected chi connectivity index (χ3v) is 3.12. The molecule has 1 aliphatic carbocycles. The summed E-state index contributed by atoms with van der Waals surface area (Å²) in [5.41, 5.74) is 4.68. The minimum atomic E-state index is 0.257. The molecule has 13 heavy (non-hydrogen) atoms. The molecule has 0 radical (unpaired) electrons. The first-order chi connectivity index (χ1) is 5.99. The lowest BCUT2D eigenvalue weighted by molar-refractivity contribution is 0.202. The molecule has 0 fully saturated rings. The number of ether oxygens (including phenoxy) is 1. The van der Waals surface area contributed by atoms with Crippen molar-refractivity contribution in [3.8, 4) is 0 Å². The quantitative estimate of drug-likeness (QED) is 0.647. The van der Waals surface area contributed by atoms with Crippen LogP contribution in [-0.2, 0) is 4.74 Å². The van der Waals surface area contributed by atoms with Gasteiger partial charge in [0.2, 0.25) is 0 Å². The van der Waals surface area contributed by atoms with E-state index in [1.54, 1.807) is 7.11 Å². The van der Waals surface area contributed by atoms with Gasteiger partial charge in [0.15, 0.2) is 0 Å². The lowest BCUT2D eigenvalue weighted by Gasteiger charge is -2.17. The molecular formula is C12H20O. The number of allylic oxidation sites excluding steroid dienone is 3. The summed E-state index contributed by atoms with van der Waals surface area (Å²) in [5, 5.41) is 0. The van der Waals surface area contributed by atoms with Crippen LogP contribution in [0.5, 0.6) is 0 Å². The van der Waals surface area contributed by atoms with Crippen LogP contribution in [0.25, 0.3) is 0 Å². The first-order valence-corrected chi connectivity index (χ1v) is 4.88. The molecular weight excluding hydrogens is 160 g/mol. The number of methoxy groups -OCH3 is 1.